The van der Waals surface area contributed by atoms with Crippen LogP contribution in [0.15, 0.2) is 28.9 Å². The lowest BCUT2D eigenvalue weighted by atomic mass is 10.0. The first-order valence-corrected chi connectivity index (χ1v) is 7.03. The number of pyridine rings is 1. The van der Waals surface area contributed by atoms with E-state index in [2.05, 4.69) is 26.2 Å². The van der Waals surface area contributed by atoms with Gasteiger partial charge in [-0.2, -0.15) is 0 Å². The van der Waals surface area contributed by atoms with Gasteiger partial charge in [0.1, 0.15) is 0 Å². The number of aliphatic hydroxyl groups is 1. The molecule has 0 aliphatic rings. The lowest BCUT2D eigenvalue weighted by Gasteiger charge is -2.21. The fourth-order valence-electron chi connectivity index (χ4n) is 1.88. The van der Waals surface area contributed by atoms with Crippen LogP contribution in [0.5, 0.6) is 0 Å². The van der Waals surface area contributed by atoms with E-state index in [0.717, 1.165) is 21.1 Å². The van der Waals surface area contributed by atoms with E-state index in [0.29, 0.717) is 5.69 Å². The van der Waals surface area contributed by atoms with E-state index in [-0.39, 0.29) is 18.6 Å². The van der Waals surface area contributed by atoms with Gasteiger partial charge in [0.05, 0.1) is 11.2 Å². The fourth-order valence-corrected chi connectivity index (χ4v) is 2.21. The SMILES string of the molecule is CC(CO)C(C)Nc1ccc(N)c2cc(Br)cnc12. The molecule has 0 radical (unpaired) electrons. The molecule has 1 aromatic carbocycles. The number of nitrogens with one attached hydrogen (secondary N) is 1. The van der Waals surface area contributed by atoms with Gasteiger partial charge in [0.25, 0.3) is 0 Å². The van der Waals surface area contributed by atoms with E-state index in [1.807, 2.05) is 32.0 Å². The highest BCUT2D eigenvalue weighted by Crippen LogP contribution is 2.29. The molecule has 4 N–H and O–H groups in total. The molecule has 102 valence electrons. The summed E-state index contributed by atoms with van der Waals surface area (Å²) in [5, 5.41) is 13.5. The van der Waals surface area contributed by atoms with Crippen LogP contribution in [-0.2, 0) is 0 Å². The minimum absolute atomic E-state index is 0.153. The number of nitrogens with two attached hydrogens (primary N) is 1. The summed E-state index contributed by atoms with van der Waals surface area (Å²) in [6.07, 6.45) is 1.76. The van der Waals surface area contributed by atoms with Crippen LogP contribution < -0.4 is 11.1 Å². The normalized spacial score (nSPS) is 14.3. The van der Waals surface area contributed by atoms with Crippen molar-refractivity contribution >= 4 is 38.2 Å². The molecular weight excluding hydrogens is 306 g/mol. The number of nitrogen functional groups attached to an aromatic ring is 1. The maximum Gasteiger partial charge on any atom is 0.0954 e. The van der Waals surface area contributed by atoms with Crippen molar-refractivity contribution in [3.8, 4) is 0 Å². The monoisotopic (exact) mass is 323 g/mol. The molecule has 0 spiro atoms. The molecule has 0 saturated heterocycles. The molecule has 19 heavy (non-hydrogen) atoms. The second-order valence-electron chi connectivity index (χ2n) is 4.84. The molecule has 0 saturated carbocycles. The topological polar surface area (TPSA) is 71.2 Å². The summed E-state index contributed by atoms with van der Waals surface area (Å²) in [5.74, 6) is 0.169. The van der Waals surface area contributed by atoms with Crippen molar-refractivity contribution in [2.75, 3.05) is 17.7 Å². The van der Waals surface area contributed by atoms with Crippen LogP contribution in [0.25, 0.3) is 10.9 Å². The lowest BCUT2D eigenvalue weighted by Crippen LogP contribution is -2.26. The fraction of sp³-hybridized carbons (Fsp3) is 0.357. The maximum absolute atomic E-state index is 9.20. The number of halogens is 1. The third-order valence-electron chi connectivity index (χ3n) is 3.37. The molecule has 5 heteroatoms. The first-order chi connectivity index (χ1) is 9.02. The van der Waals surface area contributed by atoms with Crippen molar-refractivity contribution in [3.63, 3.8) is 0 Å². The van der Waals surface area contributed by atoms with Gasteiger partial charge >= 0.3 is 0 Å². The van der Waals surface area contributed by atoms with E-state index in [4.69, 9.17) is 5.73 Å². The minimum atomic E-state index is 0.153. The lowest BCUT2D eigenvalue weighted by molar-refractivity contribution is 0.226. The third-order valence-corrected chi connectivity index (χ3v) is 3.81. The van der Waals surface area contributed by atoms with Gasteiger partial charge in [-0.3, -0.25) is 4.98 Å². The zero-order valence-electron chi connectivity index (χ0n) is 11.0. The molecule has 2 rings (SSSR count). The van der Waals surface area contributed by atoms with Gasteiger partial charge in [-0.25, -0.2) is 0 Å². The highest BCUT2D eigenvalue weighted by molar-refractivity contribution is 9.10. The summed E-state index contributed by atoms with van der Waals surface area (Å²) in [7, 11) is 0. The number of aromatic nitrogens is 1. The van der Waals surface area contributed by atoms with Gasteiger partial charge in [0, 0.05) is 34.4 Å². The van der Waals surface area contributed by atoms with Gasteiger partial charge in [-0.1, -0.05) is 6.92 Å². The number of hydrogen-bond acceptors (Lipinski definition) is 4. The molecule has 0 amide bonds. The molecule has 0 aliphatic carbocycles. The smallest absolute Gasteiger partial charge is 0.0954 e. The van der Waals surface area contributed by atoms with Gasteiger partial charge < -0.3 is 16.2 Å². The highest BCUT2D eigenvalue weighted by Gasteiger charge is 2.13. The molecule has 1 heterocycles. The molecule has 2 aromatic rings. The number of anilines is 2. The Labute approximate surface area is 121 Å². The summed E-state index contributed by atoms with van der Waals surface area (Å²) in [6, 6.07) is 5.92. The second-order valence-corrected chi connectivity index (χ2v) is 5.76. The number of fused-ring (bicyclic) bond motifs is 1. The van der Waals surface area contributed by atoms with Crippen LogP contribution >= 0.6 is 15.9 Å². The third kappa shape index (κ3) is 2.98. The number of benzene rings is 1. The van der Waals surface area contributed by atoms with E-state index < -0.39 is 0 Å². The summed E-state index contributed by atoms with van der Waals surface area (Å²) in [4.78, 5) is 4.43. The molecule has 2 atom stereocenters. The number of aliphatic hydroxyl groups excluding tert-OH is 1. The summed E-state index contributed by atoms with van der Waals surface area (Å²) in [5.41, 5.74) is 8.47. The van der Waals surface area contributed by atoms with Crippen molar-refractivity contribution < 1.29 is 5.11 Å². The van der Waals surface area contributed by atoms with E-state index in [1.54, 1.807) is 6.20 Å². The average Bonchev–Trinajstić information content (AvgIpc) is 2.41. The van der Waals surface area contributed by atoms with Gasteiger partial charge in [0.2, 0.25) is 0 Å². The Morgan fingerprint density at radius 3 is 2.84 bits per heavy atom. The molecular formula is C14H18BrN3O. The molecule has 4 nitrogen and oxygen atoms in total. The predicted octanol–water partition coefficient (Wildman–Crippen LogP) is 3.01. The first kappa shape index (κ1) is 14.1. The van der Waals surface area contributed by atoms with Crippen LogP contribution in [0.3, 0.4) is 0 Å². The predicted molar refractivity (Wildman–Crippen MR) is 83.2 cm³/mol. The first-order valence-electron chi connectivity index (χ1n) is 6.24. The minimum Gasteiger partial charge on any atom is -0.398 e. The Morgan fingerprint density at radius 2 is 2.16 bits per heavy atom. The van der Waals surface area contributed by atoms with Crippen LogP contribution in [0.4, 0.5) is 11.4 Å². The quantitative estimate of drug-likeness (QED) is 0.756. The second kappa shape index (κ2) is 5.75. The Bertz CT molecular complexity index is 588. The van der Waals surface area contributed by atoms with Crippen molar-refractivity contribution in [3.05, 3.63) is 28.9 Å². The Kier molecular flexibility index (Phi) is 4.27. The summed E-state index contributed by atoms with van der Waals surface area (Å²) >= 11 is 3.40. The molecule has 0 aliphatic heterocycles. The van der Waals surface area contributed by atoms with Gasteiger partial charge in [-0.05, 0) is 47.0 Å². The van der Waals surface area contributed by atoms with Crippen LogP contribution in [-0.4, -0.2) is 22.7 Å². The molecule has 0 fully saturated rings. The zero-order chi connectivity index (χ0) is 14.0. The largest absolute Gasteiger partial charge is 0.398 e. The van der Waals surface area contributed by atoms with E-state index in [1.165, 1.54) is 0 Å². The average molecular weight is 324 g/mol. The van der Waals surface area contributed by atoms with E-state index in [9.17, 15) is 5.11 Å². The van der Waals surface area contributed by atoms with Crippen LogP contribution in [0.1, 0.15) is 13.8 Å². The van der Waals surface area contributed by atoms with Crippen LogP contribution in [0.2, 0.25) is 0 Å². The summed E-state index contributed by atoms with van der Waals surface area (Å²) in [6.45, 7) is 4.20. The number of hydrogen-bond donors (Lipinski definition) is 3. The zero-order valence-corrected chi connectivity index (χ0v) is 12.6. The Hall–Kier alpha value is -1.33. The van der Waals surface area contributed by atoms with Crippen LogP contribution in [0, 0.1) is 5.92 Å². The summed E-state index contributed by atoms with van der Waals surface area (Å²) < 4.78 is 0.903. The van der Waals surface area contributed by atoms with Crippen molar-refractivity contribution in [2.24, 2.45) is 5.92 Å². The molecule has 2 unspecified atom stereocenters. The number of nitrogens with zero attached hydrogens (tertiary/aromatic N) is 1. The van der Waals surface area contributed by atoms with Crippen molar-refractivity contribution in [1.82, 2.24) is 4.98 Å². The standard InChI is InChI=1S/C14H18BrN3O/c1-8(7-19)9(2)18-13-4-3-12(16)11-5-10(15)6-17-14(11)13/h3-6,8-9,18-19H,7,16H2,1-2H3. The van der Waals surface area contributed by atoms with Crippen molar-refractivity contribution in [1.29, 1.82) is 0 Å². The highest BCUT2D eigenvalue weighted by atomic mass is 79.9. The Morgan fingerprint density at radius 1 is 1.42 bits per heavy atom. The Balaban J connectivity index is 2.42. The maximum atomic E-state index is 9.20. The van der Waals surface area contributed by atoms with Gasteiger partial charge in [-0.15, -0.1) is 0 Å². The molecule has 0 bridgehead atoms. The van der Waals surface area contributed by atoms with E-state index >= 15 is 0 Å². The number of rotatable bonds is 4. The van der Waals surface area contributed by atoms with Crippen molar-refractivity contribution in [2.45, 2.75) is 19.9 Å². The molecule has 1 aromatic heterocycles. The van der Waals surface area contributed by atoms with Gasteiger partial charge in [0.15, 0.2) is 0 Å².